The normalized spacial score (nSPS) is 14.0. The highest BCUT2D eigenvalue weighted by atomic mass is 79.9. The second kappa shape index (κ2) is 8.15. The van der Waals surface area contributed by atoms with Crippen molar-refractivity contribution in [2.24, 2.45) is 0 Å². The second-order valence-electron chi connectivity index (χ2n) is 6.92. The summed E-state index contributed by atoms with van der Waals surface area (Å²) in [7, 11) is -4.22. The number of nitrogens with zero attached hydrogens (tertiary/aromatic N) is 4. The van der Waals surface area contributed by atoms with Crippen LogP contribution in [0, 0.1) is 10.1 Å². The zero-order valence-corrected chi connectivity index (χ0v) is 18.2. The molecule has 0 amide bonds. The number of fused-ring (bicyclic) bond motifs is 1. The Morgan fingerprint density at radius 3 is 2.70 bits per heavy atom. The number of nitrogens with one attached hydrogen (secondary N) is 1. The number of anilines is 1. The number of para-hydroxylation sites is 1. The van der Waals surface area contributed by atoms with E-state index in [2.05, 4.69) is 30.8 Å². The van der Waals surface area contributed by atoms with Gasteiger partial charge in [-0.1, -0.05) is 34.5 Å². The fraction of sp³-hybridized carbons (Fsp3) is 0.263. The molecule has 9 nitrogen and oxygen atoms in total. The number of benzene rings is 2. The van der Waals surface area contributed by atoms with Crippen molar-refractivity contribution in [3.63, 3.8) is 0 Å². The lowest BCUT2D eigenvalue weighted by molar-refractivity contribution is -0.387. The first-order valence-electron chi connectivity index (χ1n) is 9.35. The van der Waals surface area contributed by atoms with Crippen molar-refractivity contribution < 1.29 is 13.3 Å². The van der Waals surface area contributed by atoms with Gasteiger partial charge in [0.05, 0.1) is 10.6 Å². The van der Waals surface area contributed by atoms with Crippen LogP contribution in [-0.4, -0.2) is 28.1 Å². The molecular formula is C19H18BrN5O4S. The SMILES string of the molecule is O=[N+]([O-])c1cc(Br)ccc1S(=O)(=O)Nc1ccccc1-c1nnc2n1CCCCC2. The highest BCUT2D eigenvalue weighted by Gasteiger charge is 2.27. The van der Waals surface area contributed by atoms with Gasteiger partial charge in [-0.3, -0.25) is 14.8 Å². The molecule has 0 bridgehead atoms. The second-order valence-corrected chi connectivity index (χ2v) is 9.49. The first-order chi connectivity index (χ1) is 14.4. The lowest BCUT2D eigenvalue weighted by Crippen LogP contribution is -2.16. The fourth-order valence-electron chi connectivity index (χ4n) is 3.51. The maximum absolute atomic E-state index is 13.0. The van der Waals surface area contributed by atoms with Gasteiger partial charge in [-0.2, -0.15) is 0 Å². The molecule has 0 aliphatic carbocycles. The quantitative estimate of drug-likeness (QED) is 0.422. The lowest BCUT2D eigenvalue weighted by Gasteiger charge is -2.14. The molecule has 0 saturated heterocycles. The minimum Gasteiger partial charge on any atom is -0.311 e. The number of aryl methyl sites for hydroxylation is 1. The van der Waals surface area contributed by atoms with Gasteiger partial charge in [-0.05, 0) is 37.1 Å². The molecule has 0 radical (unpaired) electrons. The first-order valence-corrected chi connectivity index (χ1v) is 11.6. The molecule has 0 atom stereocenters. The van der Waals surface area contributed by atoms with E-state index in [9.17, 15) is 18.5 Å². The summed E-state index contributed by atoms with van der Waals surface area (Å²) in [6.45, 7) is 0.761. The van der Waals surface area contributed by atoms with Gasteiger partial charge in [-0.15, -0.1) is 10.2 Å². The number of hydrogen-bond acceptors (Lipinski definition) is 6. The van der Waals surface area contributed by atoms with Gasteiger partial charge in [0, 0.05) is 29.1 Å². The summed E-state index contributed by atoms with van der Waals surface area (Å²) >= 11 is 3.14. The van der Waals surface area contributed by atoms with Crippen molar-refractivity contribution in [1.29, 1.82) is 0 Å². The van der Waals surface area contributed by atoms with Crippen LogP contribution in [0.15, 0.2) is 51.8 Å². The number of aromatic nitrogens is 3. The van der Waals surface area contributed by atoms with Crippen molar-refractivity contribution in [3.8, 4) is 11.4 Å². The molecule has 156 valence electrons. The van der Waals surface area contributed by atoms with Gasteiger partial charge >= 0.3 is 0 Å². The van der Waals surface area contributed by atoms with E-state index in [-0.39, 0.29) is 5.69 Å². The van der Waals surface area contributed by atoms with Gasteiger partial charge in [-0.25, -0.2) is 8.42 Å². The minimum absolute atomic E-state index is 0.286. The highest BCUT2D eigenvalue weighted by molar-refractivity contribution is 9.10. The summed E-state index contributed by atoms with van der Waals surface area (Å²) in [6, 6.07) is 10.7. The maximum Gasteiger partial charge on any atom is 0.291 e. The minimum atomic E-state index is -4.22. The van der Waals surface area contributed by atoms with E-state index >= 15 is 0 Å². The molecular weight excluding hydrogens is 474 g/mol. The van der Waals surface area contributed by atoms with Crippen molar-refractivity contribution in [1.82, 2.24) is 14.8 Å². The van der Waals surface area contributed by atoms with Gasteiger partial charge in [0.2, 0.25) is 0 Å². The number of sulfonamides is 1. The number of nitro groups is 1. The van der Waals surface area contributed by atoms with Crippen LogP contribution in [0.1, 0.15) is 25.1 Å². The zero-order chi connectivity index (χ0) is 21.3. The van der Waals surface area contributed by atoms with Gasteiger partial charge in [0.1, 0.15) is 5.82 Å². The average Bonchev–Trinajstić information content (AvgIpc) is 2.95. The summed E-state index contributed by atoms with van der Waals surface area (Å²) in [5.74, 6) is 1.46. The summed E-state index contributed by atoms with van der Waals surface area (Å²) in [5.41, 5.74) is 0.348. The molecule has 2 aromatic carbocycles. The first kappa shape index (κ1) is 20.5. The predicted molar refractivity (Wildman–Crippen MR) is 115 cm³/mol. The number of halogens is 1. The molecule has 0 fully saturated rings. The summed E-state index contributed by atoms with van der Waals surface area (Å²) in [5, 5.41) is 20.0. The molecule has 3 aromatic rings. The van der Waals surface area contributed by atoms with Gasteiger partial charge < -0.3 is 4.57 Å². The Morgan fingerprint density at radius 1 is 1.10 bits per heavy atom. The third-order valence-electron chi connectivity index (χ3n) is 4.93. The fourth-order valence-corrected chi connectivity index (χ4v) is 5.09. The molecule has 30 heavy (non-hydrogen) atoms. The van der Waals surface area contributed by atoms with Crippen molar-refractivity contribution in [2.45, 2.75) is 37.1 Å². The molecule has 1 aliphatic rings. The van der Waals surface area contributed by atoms with Crippen molar-refractivity contribution in [3.05, 3.63) is 62.9 Å². The Balaban J connectivity index is 1.76. The zero-order valence-electron chi connectivity index (χ0n) is 15.8. The highest BCUT2D eigenvalue weighted by Crippen LogP contribution is 2.33. The molecule has 11 heteroatoms. The Hall–Kier alpha value is -2.79. The Labute approximate surface area is 181 Å². The third-order valence-corrected chi connectivity index (χ3v) is 6.84. The summed E-state index contributed by atoms with van der Waals surface area (Å²) in [6.07, 6.45) is 3.97. The monoisotopic (exact) mass is 491 g/mol. The number of nitro benzene ring substituents is 1. The van der Waals surface area contributed by atoms with E-state index in [1.54, 1.807) is 24.3 Å². The summed E-state index contributed by atoms with van der Waals surface area (Å²) < 4.78 is 31.0. The predicted octanol–water partition coefficient (Wildman–Crippen LogP) is 4.14. The number of rotatable bonds is 5. The lowest BCUT2D eigenvalue weighted by atomic mass is 10.1. The van der Waals surface area contributed by atoms with Crippen LogP contribution < -0.4 is 4.72 Å². The van der Waals surface area contributed by atoms with Gasteiger partial charge in [0.25, 0.3) is 15.7 Å². The van der Waals surface area contributed by atoms with Crippen LogP contribution in [-0.2, 0) is 23.0 Å². The van der Waals surface area contributed by atoms with Crippen LogP contribution in [0.25, 0.3) is 11.4 Å². The number of hydrogen-bond donors (Lipinski definition) is 1. The Morgan fingerprint density at radius 2 is 1.90 bits per heavy atom. The molecule has 1 N–H and O–H groups in total. The Bertz CT molecular complexity index is 1230. The average molecular weight is 492 g/mol. The molecule has 4 rings (SSSR count). The van der Waals surface area contributed by atoms with E-state index in [1.165, 1.54) is 18.2 Å². The van der Waals surface area contributed by atoms with Crippen molar-refractivity contribution >= 4 is 37.3 Å². The van der Waals surface area contributed by atoms with E-state index in [1.807, 2.05) is 4.57 Å². The topological polar surface area (TPSA) is 120 Å². The van der Waals surface area contributed by atoms with Gasteiger partial charge in [0.15, 0.2) is 10.7 Å². The summed E-state index contributed by atoms with van der Waals surface area (Å²) in [4.78, 5) is 10.3. The molecule has 0 saturated carbocycles. The molecule has 0 spiro atoms. The molecule has 0 unspecified atom stereocenters. The van der Waals surface area contributed by atoms with E-state index in [0.29, 0.717) is 15.9 Å². The van der Waals surface area contributed by atoms with Crippen LogP contribution in [0.5, 0.6) is 0 Å². The standard InChI is InChI=1S/C19H18BrN5O4S/c20-13-9-10-17(16(12-13)25(26)27)30(28,29)23-15-7-4-3-6-14(15)19-22-21-18-8-2-1-5-11-24(18)19/h3-4,6-7,9-10,12,23H,1-2,5,8,11H2. The van der Waals surface area contributed by atoms with E-state index in [0.717, 1.165) is 38.1 Å². The smallest absolute Gasteiger partial charge is 0.291 e. The van der Waals surface area contributed by atoms with Crippen LogP contribution in [0.2, 0.25) is 0 Å². The van der Waals surface area contributed by atoms with E-state index in [4.69, 9.17) is 0 Å². The van der Waals surface area contributed by atoms with Crippen LogP contribution in [0.3, 0.4) is 0 Å². The maximum atomic E-state index is 13.0. The largest absolute Gasteiger partial charge is 0.311 e. The Kier molecular flexibility index (Phi) is 5.56. The van der Waals surface area contributed by atoms with Crippen molar-refractivity contribution in [2.75, 3.05) is 4.72 Å². The third kappa shape index (κ3) is 3.94. The molecule has 1 aromatic heterocycles. The van der Waals surface area contributed by atoms with E-state index < -0.39 is 25.5 Å². The molecule has 1 aliphatic heterocycles. The molecule has 2 heterocycles. The van der Waals surface area contributed by atoms with Crippen LogP contribution >= 0.6 is 15.9 Å². The van der Waals surface area contributed by atoms with Crippen LogP contribution in [0.4, 0.5) is 11.4 Å².